The molecule has 1 heterocycles. The monoisotopic (exact) mass is 363 g/mol. The number of nitrogens with two attached hydrogens (primary N) is 1. The second kappa shape index (κ2) is 11.6. The van der Waals surface area contributed by atoms with E-state index in [1.54, 1.807) is 0 Å². The number of nitrogens with zero attached hydrogens (tertiary/aromatic N) is 1. The van der Waals surface area contributed by atoms with Crippen LogP contribution in [0.15, 0.2) is 24.3 Å². The Labute approximate surface area is 150 Å². The van der Waals surface area contributed by atoms with Gasteiger partial charge in [-0.2, -0.15) is 0 Å². The molecule has 1 fully saturated rings. The fourth-order valence-corrected chi connectivity index (χ4v) is 2.24. The molecule has 7 heteroatoms. The summed E-state index contributed by atoms with van der Waals surface area (Å²) in [5.41, 5.74) is 7.60. The zero-order chi connectivity index (χ0) is 15.1. The second-order valence-electron chi connectivity index (χ2n) is 5.53. The van der Waals surface area contributed by atoms with Gasteiger partial charge >= 0.3 is 0 Å². The van der Waals surface area contributed by atoms with Gasteiger partial charge in [-0.15, -0.1) is 24.8 Å². The number of morpholine rings is 1. The van der Waals surface area contributed by atoms with Gasteiger partial charge in [-0.25, -0.2) is 0 Å². The van der Waals surface area contributed by atoms with E-state index in [4.69, 9.17) is 10.5 Å². The minimum absolute atomic E-state index is 0. The molecule has 0 bridgehead atoms. The molecule has 1 unspecified atom stereocenters. The molecule has 0 saturated carbocycles. The Hall–Kier alpha value is -0.850. The average Bonchev–Trinajstić information content (AvgIpc) is 2.54. The van der Waals surface area contributed by atoms with Gasteiger partial charge in [0.25, 0.3) is 0 Å². The van der Waals surface area contributed by atoms with Crippen LogP contribution in [0, 0.1) is 5.92 Å². The van der Waals surface area contributed by atoms with Crippen molar-refractivity contribution in [3.63, 3.8) is 0 Å². The molecule has 5 nitrogen and oxygen atoms in total. The molecule has 1 amide bonds. The summed E-state index contributed by atoms with van der Waals surface area (Å²) in [4.78, 5) is 14.2. The molecule has 0 radical (unpaired) electrons. The first-order chi connectivity index (χ1) is 10.2. The Bertz CT molecular complexity index is 451. The maximum atomic E-state index is 11.8. The Morgan fingerprint density at radius 1 is 1.26 bits per heavy atom. The lowest BCUT2D eigenvalue weighted by atomic mass is 10.1. The van der Waals surface area contributed by atoms with Gasteiger partial charge in [0.2, 0.25) is 5.91 Å². The number of carbonyl (C=O) groups excluding carboxylic acids is 1. The number of amides is 1. The van der Waals surface area contributed by atoms with E-state index in [0.717, 1.165) is 45.0 Å². The fourth-order valence-electron chi connectivity index (χ4n) is 2.24. The van der Waals surface area contributed by atoms with Crippen LogP contribution < -0.4 is 11.1 Å². The minimum Gasteiger partial charge on any atom is -0.379 e. The van der Waals surface area contributed by atoms with Crippen LogP contribution in [0.5, 0.6) is 0 Å². The zero-order valence-electron chi connectivity index (χ0n) is 13.5. The van der Waals surface area contributed by atoms with Crippen molar-refractivity contribution in [2.24, 2.45) is 11.7 Å². The van der Waals surface area contributed by atoms with Gasteiger partial charge in [-0.3, -0.25) is 9.69 Å². The number of halogens is 2. The van der Waals surface area contributed by atoms with E-state index in [1.807, 2.05) is 19.1 Å². The summed E-state index contributed by atoms with van der Waals surface area (Å²) in [6.07, 6.45) is 1.02. The summed E-state index contributed by atoms with van der Waals surface area (Å²) < 4.78 is 5.34. The molecule has 0 spiro atoms. The number of rotatable bonds is 6. The molecule has 3 N–H and O–H groups in total. The van der Waals surface area contributed by atoms with E-state index in [0.29, 0.717) is 6.54 Å². The first-order valence-corrected chi connectivity index (χ1v) is 7.59. The summed E-state index contributed by atoms with van der Waals surface area (Å²) in [6.45, 7) is 6.96. The van der Waals surface area contributed by atoms with Crippen LogP contribution in [0.4, 0.5) is 5.69 Å². The number of ether oxygens (including phenoxy) is 1. The first-order valence-electron chi connectivity index (χ1n) is 7.59. The van der Waals surface area contributed by atoms with Gasteiger partial charge in [0.15, 0.2) is 0 Å². The minimum atomic E-state index is -0.161. The highest BCUT2D eigenvalue weighted by molar-refractivity contribution is 5.92. The van der Waals surface area contributed by atoms with Crippen molar-refractivity contribution in [1.82, 2.24) is 4.90 Å². The fraction of sp³-hybridized carbons (Fsp3) is 0.562. The van der Waals surface area contributed by atoms with Crippen molar-refractivity contribution in [1.29, 1.82) is 0 Å². The number of hydrogen-bond acceptors (Lipinski definition) is 4. The van der Waals surface area contributed by atoms with Gasteiger partial charge < -0.3 is 15.8 Å². The van der Waals surface area contributed by atoms with E-state index in [9.17, 15) is 4.79 Å². The lowest BCUT2D eigenvalue weighted by Gasteiger charge is -2.26. The Morgan fingerprint density at radius 3 is 2.43 bits per heavy atom. The van der Waals surface area contributed by atoms with Crippen molar-refractivity contribution < 1.29 is 9.53 Å². The third kappa shape index (κ3) is 7.50. The standard InChI is InChI=1S/C16H25N3O2.2ClH/c1-13(12-17)16(20)18-15-4-2-14(3-5-15)6-7-19-8-10-21-11-9-19;;/h2-5,13H,6-12,17H2,1H3,(H,18,20);2*1H. The van der Waals surface area contributed by atoms with Crippen LogP contribution in [0.1, 0.15) is 12.5 Å². The van der Waals surface area contributed by atoms with E-state index in [1.165, 1.54) is 5.56 Å². The maximum absolute atomic E-state index is 11.8. The van der Waals surface area contributed by atoms with Gasteiger partial charge in [-0.1, -0.05) is 19.1 Å². The van der Waals surface area contributed by atoms with E-state index in [2.05, 4.69) is 22.3 Å². The van der Waals surface area contributed by atoms with Gasteiger partial charge in [0.1, 0.15) is 0 Å². The largest absolute Gasteiger partial charge is 0.379 e. The van der Waals surface area contributed by atoms with E-state index >= 15 is 0 Å². The third-order valence-electron chi connectivity index (χ3n) is 3.84. The number of carbonyl (C=O) groups is 1. The molecule has 2 rings (SSSR count). The molecule has 1 aromatic rings. The van der Waals surface area contributed by atoms with Crippen LogP contribution in [0.2, 0.25) is 0 Å². The topological polar surface area (TPSA) is 67.6 Å². The molecule has 0 aromatic heterocycles. The molecule has 23 heavy (non-hydrogen) atoms. The van der Waals surface area contributed by atoms with E-state index in [-0.39, 0.29) is 36.6 Å². The molecular weight excluding hydrogens is 337 g/mol. The number of hydrogen-bond donors (Lipinski definition) is 2. The molecule has 1 atom stereocenters. The first kappa shape index (κ1) is 22.1. The molecule has 1 aliphatic rings. The maximum Gasteiger partial charge on any atom is 0.228 e. The second-order valence-corrected chi connectivity index (χ2v) is 5.53. The summed E-state index contributed by atoms with van der Waals surface area (Å²) in [6, 6.07) is 8.05. The molecule has 1 aliphatic heterocycles. The normalized spacial score (nSPS) is 15.9. The number of benzene rings is 1. The van der Waals surface area contributed by atoms with Crippen LogP contribution >= 0.6 is 24.8 Å². The molecule has 0 aliphatic carbocycles. The van der Waals surface area contributed by atoms with Crippen molar-refractivity contribution in [2.45, 2.75) is 13.3 Å². The van der Waals surface area contributed by atoms with Crippen LogP contribution in [0.25, 0.3) is 0 Å². The summed E-state index contributed by atoms with van der Waals surface area (Å²) in [5.74, 6) is -0.190. The van der Waals surface area contributed by atoms with Crippen molar-refractivity contribution in [3.05, 3.63) is 29.8 Å². The Kier molecular flexibility index (Phi) is 11.2. The third-order valence-corrected chi connectivity index (χ3v) is 3.84. The van der Waals surface area contributed by atoms with Crippen LogP contribution in [-0.2, 0) is 16.0 Å². The predicted molar refractivity (Wildman–Crippen MR) is 98.7 cm³/mol. The lowest BCUT2D eigenvalue weighted by Crippen LogP contribution is -2.37. The van der Waals surface area contributed by atoms with E-state index < -0.39 is 0 Å². The van der Waals surface area contributed by atoms with Gasteiger partial charge in [0.05, 0.1) is 13.2 Å². The molecule has 132 valence electrons. The zero-order valence-corrected chi connectivity index (χ0v) is 15.1. The molecular formula is C16H27Cl2N3O2. The number of nitrogens with one attached hydrogen (secondary N) is 1. The van der Waals surface area contributed by atoms with Crippen molar-refractivity contribution in [3.8, 4) is 0 Å². The van der Waals surface area contributed by atoms with Crippen molar-refractivity contribution >= 4 is 36.4 Å². The number of anilines is 1. The highest BCUT2D eigenvalue weighted by Gasteiger charge is 2.11. The summed E-state index contributed by atoms with van der Waals surface area (Å²) >= 11 is 0. The SMILES string of the molecule is CC(CN)C(=O)Nc1ccc(CCN2CCOCC2)cc1.Cl.Cl. The predicted octanol–water partition coefficient (Wildman–Crippen LogP) is 1.94. The Morgan fingerprint density at radius 2 is 1.87 bits per heavy atom. The highest BCUT2D eigenvalue weighted by atomic mass is 35.5. The average molecular weight is 364 g/mol. The van der Waals surface area contributed by atoms with Crippen molar-refractivity contribution in [2.75, 3.05) is 44.7 Å². The van der Waals surface area contributed by atoms with Crippen LogP contribution in [-0.4, -0.2) is 50.2 Å². The molecule has 1 saturated heterocycles. The summed E-state index contributed by atoms with van der Waals surface area (Å²) in [7, 11) is 0. The van der Waals surface area contributed by atoms with Gasteiger partial charge in [0, 0.05) is 37.8 Å². The van der Waals surface area contributed by atoms with Crippen LogP contribution in [0.3, 0.4) is 0 Å². The van der Waals surface area contributed by atoms with Gasteiger partial charge in [-0.05, 0) is 24.1 Å². The highest BCUT2D eigenvalue weighted by Crippen LogP contribution is 2.12. The lowest BCUT2D eigenvalue weighted by molar-refractivity contribution is -0.119. The molecule has 1 aromatic carbocycles. The Balaban J connectivity index is 0.00000242. The quantitative estimate of drug-likeness (QED) is 0.810. The summed E-state index contributed by atoms with van der Waals surface area (Å²) in [5, 5.41) is 2.88. The smallest absolute Gasteiger partial charge is 0.228 e.